The van der Waals surface area contributed by atoms with E-state index in [0.717, 1.165) is 24.9 Å². The fraction of sp³-hybridized carbons (Fsp3) is 0.296. The molecule has 1 amide bonds. The van der Waals surface area contributed by atoms with Crippen LogP contribution in [0.5, 0.6) is 0 Å². The van der Waals surface area contributed by atoms with Crippen LogP contribution in [0.1, 0.15) is 36.1 Å². The third kappa shape index (κ3) is 5.98. The highest BCUT2D eigenvalue weighted by atomic mass is 127. The number of anilines is 1. The van der Waals surface area contributed by atoms with Gasteiger partial charge in [-0.1, -0.05) is 40.2 Å². The monoisotopic (exact) mass is 651 g/mol. The van der Waals surface area contributed by atoms with Crippen molar-refractivity contribution < 1.29 is 13.6 Å². The third-order valence-corrected chi connectivity index (χ3v) is 8.25. The number of benzene rings is 3. The topological polar surface area (TPSA) is 29.5 Å². The van der Waals surface area contributed by atoms with Crippen LogP contribution in [0.3, 0.4) is 0 Å². The lowest BCUT2D eigenvalue weighted by Gasteiger charge is -2.48. The van der Waals surface area contributed by atoms with Crippen molar-refractivity contribution in [2.24, 2.45) is 5.92 Å². The Morgan fingerprint density at radius 3 is 2.21 bits per heavy atom. The molecule has 0 aliphatic carbocycles. The minimum absolute atomic E-state index is 0.0265. The Morgan fingerprint density at radius 2 is 1.62 bits per heavy atom. The van der Waals surface area contributed by atoms with Crippen molar-refractivity contribution >= 4 is 58.4 Å². The molecule has 7 heteroatoms. The average molecular weight is 652 g/mol. The van der Waals surface area contributed by atoms with Gasteiger partial charge in [-0.2, -0.15) is 0 Å². The van der Waals surface area contributed by atoms with Gasteiger partial charge >= 0.3 is 0 Å². The average Bonchev–Trinajstić information content (AvgIpc) is 2.78. The first-order valence-corrected chi connectivity index (χ1v) is 16.7. The van der Waals surface area contributed by atoms with Gasteiger partial charge in [0.05, 0.1) is 18.1 Å². The normalized spacial score (nSPS) is 19.1. The second-order valence-corrected chi connectivity index (χ2v) is 16.3. The highest BCUT2D eigenvalue weighted by Crippen LogP contribution is 2.47. The van der Waals surface area contributed by atoms with Crippen LogP contribution in [0.15, 0.2) is 77.3 Å². The predicted molar refractivity (Wildman–Crippen MR) is 150 cm³/mol. The molecule has 3 aromatic rings. The molecule has 1 unspecified atom stereocenters. The standard InChI is InChI=1S/C27H28BrFINO2Si/c1-34(2,3)33-25(18-6-10-21(29)11-7-18)17-16-24-26(19-4-8-20(28)9-5-19)31(27(24)32)23-14-12-22(30)13-15-23/h4-15,24-26H,16-17H2,1-3H3/t24-,25?,26-/m1/s1. The van der Waals surface area contributed by atoms with Gasteiger partial charge in [0.2, 0.25) is 5.91 Å². The summed E-state index contributed by atoms with van der Waals surface area (Å²) in [5, 5.41) is 0. The van der Waals surface area contributed by atoms with Gasteiger partial charge in [0, 0.05) is 13.7 Å². The van der Waals surface area contributed by atoms with Crippen molar-refractivity contribution in [3.8, 4) is 0 Å². The van der Waals surface area contributed by atoms with E-state index in [4.69, 9.17) is 4.43 Å². The lowest BCUT2D eigenvalue weighted by atomic mass is 9.78. The molecule has 1 aliphatic heterocycles. The van der Waals surface area contributed by atoms with E-state index in [9.17, 15) is 9.18 Å². The fourth-order valence-electron chi connectivity index (χ4n) is 4.49. The minimum Gasteiger partial charge on any atom is -0.411 e. The van der Waals surface area contributed by atoms with E-state index in [0.29, 0.717) is 12.8 Å². The van der Waals surface area contributed by atoms with Crippen molar-refractivity contribution in [1.82, 2.24) is 0 Å². The maximum atomic E-state index is 13.5. The first kappa shape index (κ1) is 25.5. The van der Waals surface area contributed by atoms with E-state index in [2.05, 4.69) is 70.3 Å². The zero-order valence-electron chi connectivity index (χ0n) is 19.5. The molecule has 178 valence electrons. The van der Waals surface area contributed by atoms with Crippen molar-refractivity contribution in [1.29, 1.82) is 0 Å². The molecule has 0 radical (unpaired) electrons. The first-order valence-electron chi connectivity index (χ1n) is 11.4. The smallest absolute Gasteiger partial charge is 0.233 e. The molecule has 0 aromatic heterocycles. The second-order valence-electron chi connectivity index (χ2n) is 9.64. The Labute approximate surface area is 224 Å². The van der Waals surface area contributed by atoms with Gasteiger partial charge in [-0.3, -0.25) is 4.79 Å². The molecule has 34 heavy (non-hydrogen) atoms. The predicted octanol–water partition coefficient (Wildman–Crippen LogP) is 8.27. The van der Waals surface area contributed by atoms with Gasteiger partial charge in [-0.25, -0.2) is 4.39 Å². The van der Waals surface area contributed by atoms with Gasteiger partial charge < -0.3 is 9.33 Å². The van der Waals surface area contributed by atoms with Crippen LogP contribution >= 0.6 is 38.5 Å². The third-order valence-electron chi connectivity index (χ3n) is 6.01. The molecule has 3 atom stereocenters. The molecule has 3 nitrogen and oxygen atoms in total. The quantitative estimate of drug-likeness (QED) is 0.139. The molecular weight excluding hydrogens is 624 g/mol. The number of nitrogens with zero attached hydrogens (tertiary/aromatic N) is 1. The summed E-state index contributed by atoms with van der Waals surface area (Å²) in [6, 6.07) is 22.8. The van der Waals surface area contributed by atoms with Crippen LogP contribution in [-0.4, -0.2) is 14.2 Å². The summed E-state index contributed by atoms with van der Waals surface area (Å²) in [5.74, 6) is -0.248. The number of rotatable bonds is 8. The van der Waals surface area contributed by atoms with Gasteiger partial charge in [-0.15, -0.1) is 0 Å². The van der Waals surface area contributed by atoms with E-state index < -0.39 is 8.32 Å². The molecule has 1 heterocycles. The number of halogens is 3. The fourth-order valence-corrected chi connectivity index (χ4v) is 6.22. The molecule has 0 spiro atoms. The van der Waals surface area contributed by atoms with Crippen molar-refractivity contribution in [2.45, 2.75) is 44.6 Å². The molecule has 0 N–H and O–H groups in total. The van der Waals surface area contributed by atoms with Crippen molar-refractivity contribution in [2.75, 3.05) is 4.90 Å². The van der Waals surface area contributed by atoms with Gasteiger partial charge in [0.15, 0.2) is 8.32 Å². The molecule has 4 rings (SSSR count). The SMILES string of the molecule is C[Si](C)(C)OC(CC[C@H]1C(=O)N(c2ccc(I)cc2)[C@@H]1c1ccc(Br)cc1)c1ccc(F)cc1. The van der Waals surface area contributed by atoms with Crippen LogP contribution in [0.25, 0.3) is 0 Å². The molecule has 0 bridgehead atoms. The van der Waals surface area contributed by atoms with E-state index in [-0.39, 0.29) is 29.8 Å². The summed E-state index contributed by atoms with van der Waals surface area (Å²) in [6.07, 6.45) is 1.25. The maximum absolute atomic E-state index is 13.5. The van der Waals surface area contributed by atoms with Gasteiger partial charge in [0.1, 0.15) is 5.82 Å². The van der Waals surface area contributed by atoms with E-state index in [1.165, 1.54) is 12.1 Å². The Morgan fingerprint density at radius 1 is 1.00 bits per heavy atom. The lowest BCUT2D eigenvalue weighted by Crippen LogP contribution is -2.55. The summed E-state index contributed by atoms with van der Waals surface area (Å²) in [6.45, 7) is 6.46. The molecular formula is C27H28BrFINO2Si. The Hall–Kier alpha value is -1.55. The van der Waals surface area contributed by atoms with Crippen LogP contribution in [0, 0.1) is 15.3 Å². The summed E-state index contributed by atoms with van der Waals surface area (Å²) in [7, 11) is -1.85. The summed E-state index contributed by atoms with van der Waals surface area (Å²) >= 11 is 5.79. The van der Waals surface area contributed by atoms with Gasteiger partial charge in [-0.05, 0) is 115 Å². The largest absolute Gasteiger partial charge is 0.411 e. The summed E-state index contributed by atoms with van der Waals surface area (Å²) < 4.78 is 22.2. The minimum atomic E-state index is -1.85. The first-order chi connectivity index (χ1) is 16.1. The van der Waals surface area contributed by atoms with Crippen LogP contribution in [0.4, 0.5) is 10.1 Å². The zero-order chi connectivity index (χ0) is 24.5. The van der Waals surface area contributed by atoms with Crippen LogP contribution in [-0.2, 0) is 9.22 Å². The van der Waals surface area contributed by atoms with Crippen LogP contribution in [0.2, 0.25) is 19.6 Å². The number of β-lactam (4-membered cyclic amide) rings is 1. The van der Waals surface area contributed by atoms with E-state index in [1.54, 1.807) is 12.1 Å². The van der Waals surface area contributed by atoms with Gasteiger partial charge in [0.25, 0.3) is 0 Å². The highest BCUT2D eigenvalue weighted by molar-refractivity contribution is 14.1. The number of hydrogen-bond donors (Lipinski definition) is 0. The molecule has 1 fully saturated rings. The number of hydrogen-bond acceptors (Lipinski definition) is 2. The molecule has 1 saturated heterocycles. The number of amides is 1. The number of carbonyl (C=O) groups excluding carboxylic acids is 1. The highest BCUT2D eigenvalue weighted by Gasteiger charge is 2.48. The Balaban J connectivity index is 1.59. The van der Waals surface area contributed by atoms with Crippen LogP contribution < -0.4 is 4.90 Å². The van der Waals surface area contributed by atoms with Crippen molar-refractivity contribution in [3.63, 3.8) is 0 Å². The lowest BCUT2D eigenvalue weighted by molar-refractivity contribution is -0.131. The Kier molecular flexibility index (Phi) is 7.96. The Bertz CT molecular complexity index is 1130. The summed E-state index contributed by atoms with van der Waals surface area (Å²) in [4.78, 5) is 15.3. The molecule has 3 aromatic carbocycles. The van der Waals surface area contributed by atoms with Crippen molar-refractivity contribution in [3.05, 3.63) is 97.8 Å². The summed E-state index contributed by atoms with van der Waals surface area (Å²) in [5.41, 5.74) is 3.00. The maximum Gasteiger partial charge on any atom is 0.233 e. The van der Waals surface area contributed by atoms with E-state index >= 15 is 0 Å². The molecule has 0 saturated carbocycles. The zero-order valence-corrected chi connectivity index (χ0v) is 24.2. The van der Waals surface area contributed by atoms with E-state index in [1.807, 2.05) is 41.3 Å². The second kappa shape index (κ2) is 10.6. The number of carbonyl (C=O) groups is 1. The molecule has 1 aliphatic rings.